The lowest BCUT2D eigenvalue weighted by atomic mass is 10.0. The van der Waals surface area contributed by atoms with Gasteiger partial charge in [0.15, 0.2) is 6.61 Å². The maximum atomic E-state index is 13.4. The highest BCUT2D eigenvalue weighted by Gasteiger charge is 2.30. The molecular weight excluding hydrogens is 436 g/mol. The zero-order valence-electron chi connectivity index (χ0n) is 19.0. The van der Waals surface area contributed by atoms with Gasteiger partial charge in [-0.3, -0.25) is 9.59 Å². The van der Waals surface area contributed by atoms with Gasteiger partial charge < -0.3 is 15.0 Å². The molecule has 0 spiro atoms. The van der Waals surface area contributed by atoms with Crippen molar-refractivity contribution >= 4 is 23.4 Å². The summed E-state index contributed by atoms with van der Waals surface area (Å²) in [6.07, 6.45) is 1.33. The summed E-state index contributed by atoms with van der Waals surface area (Å²) < 4.78 is 5.77. The van der Waals surface area contributed by atoms with Crippen LogP contribution < -0.4 is 10.1 Å². The van der Waals surface area contributed by atoms with Crippen molar-refractivity contribution in [3.63, 3.8) is 0 Å². The normalized spacial score (nSPS) is 11.5. The van der Waals surface area contributed by atoms with E-state index in [4.69, 9.17) is 16.3 Å². The molecule has 33 heavy (non-hydrogen) atoms. The molecule has 0 bridgehead atoms. The van der Waals surface area contributed by atoms with Gasteiger partial charge in [-0.1, -0.05) is 73.1 Å². The van der Waals surface area contributed by atoms with Gasteiger partial charge in [-0.15, -0.1) is 0 Å². The van der Waals surface area contributed by atoms with Gasteiger partial charge >= 0.3 is 0 Å². The van der Waals surface area contributed by atoms with E-state index in [-0.39, 0.29) is 25.0 Å². The lowest BCUT2D eigenvalue weighted by Gasteiger charge is -2.31. The molecule has 6 heteroatoms. The third kappa shape index (κ3) is 7.09. The molecule has 1 atom stereocenters. The number of amides is 2. The first-order chi connectivity index (χ1) is 16.0. The second-order valence-corrected chi connectivity index (χ2v) is 8.19. The fourth-order valence-electron chi connectivity index (χ4n) is 3.56. The number of carbonyl (C=O) groups is 2. The molecule has 0 saturated heterocycles. The lowest BCUT2D eigenvalue weighted by molar-refractivity contribution is -0.142. The number of nitrogens with zero attached hydrogens (tertiary/aromatic N) is 1. The number of aryl methyl sites for hydroxylation is 1. The van der Waals surface area contributed by atoms with Crippen LogP contribution in [0.1, 0.15) is 23.6 Å². The number of likely N-dealkylation sites (N-methyl/N-ethyl adjacent to an activating group) is 1. The zero-order valence-corrected chi connectivity index (χ0v) is 19.7. The van der Waals surface area contributed by atoms with Gasteiger partial charge in [0.05, 0.1) is 0 Å². The monoisotopic (exact) mass is 464 g/mol. The Morgan fingerprint density at radius 3 is 2.15 bits per heavy atom. The van der Waals surface area contributed by atoms with E-state index in [0.29, 0.717) is 17.2 Å². The fourth-order valence-corrected chi connectivity index (χ4v) is 3.68. The number of carbonyl (C=O) groups excluding carboxylic acids is 2. The van der Waals surface area contributed by atoms with Crippen LogP contribution in [0.5, 0.6) is 5.75 Å². The van der Waals surface area contributed by atoms with Gasteiger partial charge in [-0.2, -0.15) is 0 Å². The minimum atomic E-state index is -0.688. The van der Waals surface area contributed by atoms with E-state index >= 15 is 0 Å². The lowest BCUT2D eigenvalue weighted by Crippen LogP contribution is -2.51. The van der Waals surface area contributed by atoms with Crippen LogP contribution in [0.15, 0.2) is 78.9 Å². The molecule has 0 aliphatic heterocycles. The van der Waals surface area contributed by atoms with Crippen LogP contribution in [0.2, 0.25) is 5.02 Å². The van der Waals surface area contributed by atoms with Crippen molar-refractivity contribution in [2.24, 2.45) is 0 Å². The first kappa shape index (κ1) is 24.3. The Hall–Kier alpha value is -3.31. The Labute approximate surface area is 200 Å². The van der Waals surface area contributed by atoms with Crippen LogP contribution in [0.25, 0.3) is 0 Å². The second kappa shape index (κ2) is 12.1. The van der Waals surface area contributed by atoms with E-state index < -0.39 is 6.04 Å². The summed E-state index contributed by atoms with van der Waals surface area (Å²) in [6, 6.07) is 23.9. The molecule has 0 heterocycles. The summed E-state index contributed by atoms with van der Waals surface area (Å²) in [5.41, 5.74) is 3.04. The van der Waals surface area contributed by atoms with Crippen LogP contribution in [-0.4, -0.2) is 36.4 Å². The SMILES string of the molecule is CCc1ccc(OCC(=O)N(Cc2ccc(Cl)cc2)C(Cc2ccccc2)C(=O)NC)cc1. The number of nitrogens with one attached hydrogen (secondary N) is 1. The first-order valence-electron chi connectivity index (χ1n) is 11.0. The quantitative estimate of drug-likeness (QED) is 0.474. The summed E-state index contributed by atoms with van der Waals surface area (Å²) in [7, 11) is 1.58. The smallest absolute Gasteiger partial charge is 0.261 e. The molecule has 0 fully saturated rings. The molecule has 172 valence electrons. The molecule has 1 N–H and O–H groups in total. The van der Waals surface area contributed by atoms with E-state index in [1.807, 2.05) is 66.7 Å². The fraction of sp³-hybridized carbons (Fsp3) is 0.259. The molecule has 0 saturated carbocycles. The summed E-state index contributed by atoms with van der Waals surface area (Å²) in [5.74, 6) is 0.119. The maximum Gasteiger partial charge on any atom is 0.261 e. The highest BCUT2D eigenvalue weighted by molar-refractivity contribution is 6.30. The van der Waals surface area contributed by atoms with E-state index in [9.17, 15) is 9.59 Å². The zero-order chi connectivity index (χ0) is 23.6. The maximum absolute atomic E-state index is 13.4. The average Bonchev–Trinajstić information content (AvgIpc) is 2.86. The van der Waals surface area contributed by atoms with Crippen molar-refractivity contribution in [2.45, 2.75) is 32.4 Å². The number of benzene rings is 3. The molecule has 3 aromatic rings. The van der Waals surface area contributed by atoms with Crippen LogP contribution in [0, 0.1) is 0 Å². The van der Waals surface area contributed by atoms with Crippen LogP contribution in [0.3, 0.4) is 0 Å². The number of ether oxygens (including phenoxy) is 1. The second-order valence-electron chi connectivity index (χ2n) is 7.75. The van der Waals surface area contributed by atoms with Gasteiger partial charge in [-0.25, -0.2) is 0 Å². The summed E-state index contributed by atoms with van der Waals surface area (Å²) in [4.78, 5) is 27.8. The Morgan fingerprint density at radius 1 is 0.909 bits per heavy atom. The predicted molar refractivity (Wildman–Crippen MR) is 131 cm³/mol. The minimum Gasteiger partial charge on any atom is -0.484 e. The van der Waals surface area contributed by atoms with Crippen molar-refractivity contribution in [3.8, 4) is 5.75 Å². The van der Waals surface area contributed by atoms with Crippen LogP contribution in [0.4, 0.5) is 0 Å². The summed E-state index contributed by atoms with van der Waals surface area (Å²) in [5, 5.41) is 3.32. The third-order valence-electron chi connectivity index (χ3n) is 5.48. The summed E-state index contributed by atoms with van der Waals surface area (Å²) in [6.45, 7) is 2.18. The molecular formula is C27H29ClN2O3. The summed E-state index contributed by atoms with van der Waals surface area (Å²) >= 11 is 6.03. The van der Waals surface area contributed by atoms with E-state index in [1.165, 1.54) is 5.56 Å². The highest BCUT2D eigenvalue weighted by atomic mass is 35.5. The average molecular weight is 465 g/mol. The number of hydrogen-bond acceptors (Lipinski definition) is 3. The minimum absolute atomic E-state index is 0.165. The van der Waals surface area contributed by atoms with Crippen molar-refractivity contribution in [1.82, 2.24) is 10.2 Å². The highest BCUT2D eigenvalue weighted by Crippen LogP contribution is 2.18. The molecule has 1 unspecified atom stereocenters. The molecule has 0 radical (unpaired) electrons. The number of halogens is 1. The van der Waals surface area contributed by atoms with E-state index in [2.05, 4.69) is 12.2 Å². The predicted octanol–water partition coefficient (Wildman–Crippen LogP) is 4.67. The van der Waals surface area contributed by atoms with Crippen LogP contribution >= 0.6 is 11.6 Å². The molecule has 5 nitrogen and oxygen atoms in total. The Morgan fingerprint density at radius 2 is 1.55 bits per heavy atom. The van der Waals surface area contributed by atoms with Gasteiger partial charge in [0, 0.05) is 25.0 Å². The molecule has 2 amide bonds. The van der Waals surface area contributed by atoms with Gasteiger partial charge in [0.2, 0.25) is 5.91 Å². The molecule has 3 rings (SSSR count). The standard InChI is InChI=1S/C27H29ClN2O3/c1-3-20-11-15-24(16-12-20)33-19-26(31)30(18-22-9-13-23(28)14-10-22)25(27(32)29-2)17-21-7-5-4-6-8-21/h4-16,25H,3,17-19H2,1-2H3,(H,29,32). The van der Waals surface area contributed by atoms with E-state index in [0.717, 1.165) is 17.5 Å². The third-order valence-corrected chi connectivity index (χ3v) is 5.73. The topological polar surface area (TPSA) is 58.6 Å². The van der Waals surface area contributed by atoms with Crippen molar-refractivity contribution in [3.05, 3.63) is 101 Å². The first-order valence-corrected chi connectivity index (χ1v) is 11.4. The Balaban J connectivity index is 1.84. The number of hydrogen-bond donors (Lipinski definition) is 1. The van der Waals surface area contributed by atoms with Gasteiger partial charge in [-0.05, 0) is 47.4 Å². The van der Waals surface area contributed by atoms with E-state index in [1.54, 1.807) is 24.1 Å². The van der Waals surface area contributed by atoms with Gasteiger partial charge in [0.25, 0.3) is 5.91 Å². The van der Waals surface area contributed by atoms with Crippen molar-refractivity contribution < 1.29 is 14.3 Å². The Kier molecular flexibility index (Phi) is 8.90. The molecule has 3 aromatic carbocycles. The number of rotatable bonds is 10. The van der Waals surface area contributed by atoms with Gasteiger partial charge in [0.1, 0.15) is 11.8 Å². The molecule has 0 aliphatic rings. The van der Waals surface area contributed by atoms with Crippen molar-refractivity contribution in [2.75, 3.05) is 13.7 Å². The molecule has 0 aliphatic carbocycles. The van der Waals surface area contributed by atoms with Crippen LogP contribution in [-0.2, 0) is 29.0 Å². The molecule has 0 aromatic heterocycles. The van der Waals surface area contributed by atoms with Crippen molar-refractivity contribution in [1.29, 1.82) is 0 Å². The largest absolute Gasteiger partial charge is 0.484 e. The Bertz CT molecular complexity index is 1040.